The van der Waals surface area contributed by atoms with Crippen molar-refractivity contribution in [3.8, 4) is 0 Å². The molecule has 0 spiro atoms. The van der Waals surface area contributed by atoms with Gasteiger partial charge in [-0.1, -0.05) is 37.3 Å². The van der Waals surface area contributed by atoms with Gasteiger partial charge < -0.3 is 15.4 Å². The third-order valence-corrected chi connectivity index (χ3v) is 3.56. The summed E-state index contributed by atoms with van der Waals surface area (Å²) in [5.74, 6) is 0.000234. The zero-order chi connectivity index (χ0) is 15.0. The van der Waals surface area contributed by atoms with Gasteiger partial charge in [-0.2, -0.15) is 0 Å². The van der Waals surface area contributed by atoms with E-state index < -0.39 is 6.04 Å². The summed E-state index contributed by atoms with van der Waals surface area (Å²) in [6.45, 7) is 5.24. The number of methoxy groups -OCH3 is 1. The Morgan fingerprint density at radius 2 is 2.00 bits per heavy atom. The Bertz CT molecular complexity index is 395. The number of benzene rings is 1. The quantitative estimate of drug-likeness (QED) is 0.789. The van der Waals surface area contributed by atoms with E-state index in [2.05, 4.69) is 6.92 Å². The molecule has 1 amide bonds. The molecule has 0 saturated heterocycles. The average Bonchev–Trinajstić information content (AvgIpc) is 2.48. The summed E-state index contributed by atoms with van der Waals surface area (Å²) >= 11 is 0. The molecule has 2 unspecified atom stereocenters. The standard InChI is InChI=1S/C16H26N2O2/c1-4-13(2)18(10-11-20-3)16(19)15(17)12-14-8-6-5-7-9-14/h5-9,13,15H,4,10-12,17H2,1-3H3. The maximum atomic E-state index is 12.5. The summed E-state index contributed by atoms with van der Waals surface area (Å²) in [7, 11) is 1.64. The molecule has 4 nitrogen and oxygen atoms in total. The number of nitrogens with zero attached hydrogens (tertiary/aromatic N) is 1. The molecule has 0 aromatic heterocycles. The van der Waals surface area contributed by atoms with Crippen molar-refractivity contribution in [3.05, 3.63) is 35.9 Å². The minimum absolute atomic E-state index is 0.000234. The predicted octanol–water partition coefficient (Wildman–Crippen LogP) is 1.83. The van der Waals surface area contributed by atoms with Crippen molar-refractivity contribution in [2.24, 2.45) is 5.73 Å². The normalized spacial score (nSPS) is 13.8. The Morgan fingerprint density at radius 1 is 1.35 bits per heavy atom. The number of nitrogens with two attached hydrogens (primary N) is 1. The molecule has 20 heavy (non-hydrogen) atoms. The van der Waals surface area contributed by atoms with Crippen LogP contribution >= 0.6 is 0 Å². The molecule has 0 aliphatic rings. The molecule has 1 aromatic rings. The predicted molar refractivity (Wildman–Crippen MR) is 81.5 cm³/mol. The largest absolute Gasteiger partial charge is 0.383 e. The van der Waals surface area contributed by atoms with Crippen molar-refractivity contribution >= 4 is 5.91 Å². The fourth-order valence-corrected chi connectivity index (χ4v) is 2.13. The van der Waals surface area contributed by atoms with Crippen LogP contribution in [0.5, 0.6) is 0 Å². The van der Waals surface area contributed by atoms with Crippen LogP contribution in [0.3, 0.4) is 0 Å². The Kier molecular flexibility index (Phi) is 7.26. The first-order valence-corrected chi connectivity index (χ1v) is 7.19. The van der Waals surface area contributed by atoms with Crippen LogP contribution in [0.25, 0.3) is 0 Å². The van der Waals surface area contributed by atoms with Gasteiger partial charge in [0.15, 0.2) is 0 Å². The smallest absolute Gasteiger partial charge is 0.240 e. The summed E-state index contributed by atoms with van der Waals surface area (Å²) in [6, 6.07) is 9.56. The molecular formula is C16H26N2O2. The third-order valence-electron chi connectivity index (χ3n) is 3.56. The van der Waals surface area contributed by atoms with E-state index in [4.69, 9.17) is 10.5 Å². The summed E-state index contributed by atoms with van der Waals surface area (Å²) < 4.78 is 5.08. The van der Waals surface area contributed by atoms with E-state index in [0.29, 0.717) is 19.6 Å². The highest BCUT2D eigenvalue weighted by atomic mass is 16.5. The van der Waals surface area contributed by atoms with Crippen molar-refractivity contribution in [2.75, 3.05) is 20.3 Å². The molecule has 2 N–H and O–H groups in total. The topological polar surface area (TPSA) is 55.6 Å². The molecule has 1 rings (SSSR count). The summed E-state index contributed by atoms with van der Waals surface area (Å²) in [4.78, 5) is 14.3. The molecule has 2 atom stereocenters. The first-order valence-electron chi connectivity index (χ1n) is 7.19. The van der Waals surface area contributed by atoms with Gasteiger partial charge in [0.25, 0.3) is 0 Å². The molecule has 0 radical (unpaired) electrons. The number of rotatable bonds is 8. The third kappa shape index (κ3) is 4.94. The molecule has 0 saturated carbocycles. The Balaban J connectivity index is 2.67. The lowest BCUT2D eigenvalue weighted by molar-refractivity contribution is -0.135. The van der Waals surface area contributed by atoms with Crippen LogP contribution in [0.4, 0.5) is 0 Å². The number of carbonyl (C=O) groups is 1. The minimum Gasteiger partial charge on any atom is -0.383 e. The monoisotopic (exact) mass is 278 g/mol. The molecule has 0 fully saturated rings. The number of hydrogen-bond donors (Lipinski definition) is 1. The van der Waals surface area contributed by atoms with Gasteiger partial charge in [-0.15, -0.1) is 0 Å². The molecule has 112 valence electrons. The van der Waals surface area contributed by atoms with Crippen molar-refractivity contribution in [1.82, 2.24) is 4.90 Å². The number of hydrogen-bond acceptors (Lipinski definition) is 3. The van der Waals surface area contributed by atoms with Crippen LogP contribution in [-0.2, 0) is 16.0 Å². The molecule has 4 heteroatoms. The van der Waals surface area contributed by atoms with Gasteiger partial charge in [-0.3, -0.25) is 4.79 Å². The number of ether oxygens (including phenoxy) is 1. The van der Waals surface area contributed by atoms with E-state index in [0.717, 1.165) is 12.0 Å². The summed E-state index contributed by atoms with van der Waals surface area (Å²) in [5.41, 5.74) is 7.17. The molecule has 0 aliphatic carbocycles. The minimum atomic E-state index is -0.497. The highest BCUT2D eigenvalue weighted by Crippen LogP contribution is 2.09. The van der Waals surface area contributed by atoms with Gasteiger partial charge in [0.2, 0.25) is 5.91 Å². The SMILES string of the molecule is CCC(C)N(CCOC)C(=O)C(N)Cc1ccccc1. The lowest BCUT2D eigenvalue weighted by atomic mass is 10.0. The molecular weight excluding hydrogens is 252 g/mol. The average molecular weight is 278 g/mol. The van der Waals surface area contributed by atoms with E-state index in [-0.39, 0.29) is 11.9 Å². The van der Waals surface area contributed by atoms with Crippen molar-refractivity contribution in [3.63, 3.8) is 0 Å². The second-order valence-electron chi connectivity index (χ2n) is 5.08. The van der Waals surface area contributed by atoms with Crippen molar-refractivity contribution in [1.29, 1.82) is 0 Å². The van der Waals surface area contributed by atoms with E-state index in [1.165, 1.54) is 0 Å². The van der Waals surface area contributed by atoms with Crippen LogP contribution in [-0.4, -0.2) is 43.2 Å². The Hall–Kier alpha value is -1.39. The Morgan fingerprint density at radius 3 is 2.55 bits per heavy atom. The summed E-state index contributed by atoms with van der Waals surface area (Å²) in [6.07, 6.45) is 1.48. The highest BCUT2D eigenvalue weighted by Gasteiger charge is 2.24. The van der Waals surface area contributed by atoms with Crippen LogP contribution in [0.1, 0.15) is 25.8 Å². The van der Waals surface area contributed by atoms with E-state index in [1.807, 2.05) is 42.2 Å². The van der Waals surface area contributed by atoms with Gasteiger partial charge in [0.1, 0.15) is 0 Å². The zero-order valence-corrected chi connectivity index (χ0v) is 12.7. The molecule has 0 heterocycles. The van der Waals surface area contributed by atoms with Crippen molar-refractivity contribution in [2.45, 2.75) is 38.8 Å². The lowest BCUT2D eigenvalue weighted by Crippen LogP contribution is -2.49. The number of carbonyl (C=O) groups excluding carboxylic acids is 1. The van der Waals surface area contributed by atoms with Gasteiger partial charge in [-0.25, -0.2) is 0 Å². The van der Waals surface area contributed by atoms with Crippen molar-refractivity contribution < 1.29 is 9.53 Å². The van der Waals surface area contributed by atoms with Crippen LogP contribution in [0.15, 0.2) is 30.3 Å². The lowest BCUT2D eigenvalue weighted by Gasteiger charge is -2.30. The first kappa shape index (κ1) is 16.7. The maximum absolute atomic E-state index is 12.5. The van der Waals surface area contributed by atoms with E-state index in [9.17, 15) is 4.79 Å². The van der Waals surface area contributed by atoms with E-state index in [1.54, 1.807) is 7.11 Å². The van der Waals surface area contributed by atoms with E-state index >= 15 is 0 Å². The van der Waals surface area contributed by atoms with Crippen LogP contribution < -0.4 is 5.73 Å². The fourth-order valence-electron chi connectivity index (χ4n) is 2.13. The maximum Gasteiger partial charge on any atom is 0.240 e. The van der Waals surface area contributed by atoms with Gasteiger partial charge >= 0.3 is 0 Å². The second-order valence-corrected chi connectivity index (χ2v) is 5.08. The van der Waals surface area contributed by atoms with Gasteiger partial charge in [0, 0.05) is 19.7 Å². The first-order chi connectivity index (χ1) is 9.60. The number of amides is 1. The molecule has 0 aliphatic heterocycles. The summed E-state index contributed by atoms with van der Waals surface area (Å²) in [5, 5.41) is 0. The van der Waals surface area contributed by atoms with Gasteiger partial charge in [-0.05, 0) is 25.3 Å². The second kappa shape index (κ2) is 8.72. The molecule has 1 aromatic carbocycles. The molecule has 0 bridgehead atoms. The van der Waals surface area contributed by atoms with Crippen LogP contribution in [0.2, 0.25) is 0 Å². The van der Waals surface area contributed by atoms with Gasteiger partial charge in [0.05, 0.1) is 12.6 Å². The van der Waals surface area contributed by atoms with Crippen LogP contribution in [0, 0.1) is 0 Å². The Labute approximate surface area is 121 Å². The highest BCUT2D eigenvalue weighted by molar-refractivity contribution is 5.82. The fraction of sp³-hybridized carbons (Fsp3) is 0.562. The zero-order valence-electron chi connectivity index (χ0n) is 12.7.